The number of fused-ring (bicyclic) bond motifs is 1. The molecule has 0 bridgehead atoms. The van der Waals surface area contributed by atoms with E-state index >= 15 is 0 Å². The van der Waals surface area contributed by atoms with Crippen molar-refractivity contribution in [1.82, 2.24) is 9.88 Å². The van der Waals surface area contributed by atoms with E-state index in [1.807, 2.05) is 42.1 Å². The molecule has 0 radical (unpaired) electrons. The minimum atomic E-state index is -0.707. The smallest absolute Gasteiger partial charge is 0.244 e. The van der Waals surface area contributed by atoms with Crippen molar-refractivity contribution >= 4 is 28.8 Å². The second kappa shape index (κ2) is 7.11. The Labute approximate surface area is 146 Å². The summed E-state index contributed by atoms with van der Waals surface area (Å²) in [5, 5.41) is 3.90. The van der Waals surface area contributed by atoms with Crippen molar-refractivity contribution in [2.45, 2.75) is 12.8 Å². The molecule has 3 rings (SSSR count). The first-order valence-electron chi connectivity index (χ1n) is 8.39. The highest BCUT2D eigenvalue weighted by molar-refractivity contribution is 5.96. The van der Waals surface area contributed by atoms with E-state index in [4.69, 9.17) is 10.5 Å². The first kappa shape index (κ1) is 17.2. The van der Waals surface area contributed by atoms with Crippen LogP contribution in [0.15, 0.2) is 36.5 Å². The molecule has 2 aromatic rings. The molecule has 1 fully saturated rings. The molecule has 132 valence electrons. The number of amides is 2. The highest BCUT2D eigenvalue weighted by Crippen LogP contribution is 2.29. The zero-order valence-corrected chi connectivity index (χ0v) is 14.3. The van der Waals surface area contributed by atoms with E-state index in [1.165, 1.54) is 6.08 Å². The third-order valence-electron chi connectivity index (χ3n) is 4.92. The van der Waals surface area contributed by atoms with Crippen molar-refractivity contribution in [1.29, 1.82) is 0 Å². The summed E-state index contributed by atoms with van der Waals surface area (Å²) in [6.45, 7) is 1.22. The lowest BCUT2D eigenvalue weighted by molar-refractivity contribution is -0.133. The van der Waals surface area contributed by atoms with E-state index in [9.17, 15) is 9.59 Å². The average Bonchev–Trinajstić information content (AvgIpc) is 2.95. The Kier molecular flexibility index (Phi) is 4.90. The van der Waals surface area contributed by atoms with Gasteiger partial charge in [-0.15, -0.1) is 0 Å². The number of nitrogens with one attached hydrogen (secondary N) is 1. The summed E-state index contributed by atoms with van der Waals surface area (Å²) in [6.07, 6.45) is 6.34. The molecular formula is C19H23N3O3. The van der Waals surface area contributed by atoms with Crippen LogP contribution in [0.5, 0.6) is 0 Å². The lowest BCUT2D eigenvalue weighted by Crippen LogP contribution is -2.49. The molecule has 0 atom stereocenters. The molecule has 0 aliphatic carbocycles. The van der Waals surface area contributed by atoms with Crippen LogP contribution in [0.3, 0.4) is 0 Å². The predicted molar refractivity (Wildman–Crippen MR) is 96.6 cm³/mol. The van der Waals surface area contributed by atoms with Gasteiger partial charge in [0.05, 0.1) is 5.41 Å². The SMILES string of the molecule is Cn1cc(/C=C/C(=O)NCC2(C(N)=O)CCOCC2)c2ccccc21. The van der Waals surface area contributed by atoms with Gasteiger partial charge in [0.1, 0.15) is 0 Å². The standard InChI is InChI=1S/C19H23N3O3/c1-22-12-14(15-4-2-3-5-16(15)22)6-7-17(23)21-13-19(18(20)24)8-10-25-11-9-19/h2-7,12H,8-11,13H2,1H3,(H2,20,24)(H,21,23)/b7-6+. The summed E-state index contributed by atoms with van der Waals surface area (Å²) < 4.78 is 7.32. The van der Waals surface area contributed by atoms with Crippen molar-refractivity contribution < 1.29 is 14.3 Å². The molecule has 1 aliphatic rings. The monoisotopic (exact) mass is 341 g/mol. The van der Waals surface area contributed by atoms with Gasteiger partial charge in [-0.1, -0.05) is 18.2 Å². The van der Waals surface area contributed by atoms with Crippen LogP contribution in [0.4, 0.5) is 0 Å². The molecule has 2 amide bonds. The molecule has 0 spiro atoms. The molecule has 0 unspecified atom stereocenters. The molecule has 2 heterocycles. The van der Waals surface area contributed by atoms with Gasteiger partial charge in [0.15, 0.2) is 0 Å². The van der Waals surface area contributed by atoms with Gasteiger partial charge in [0.2, 0.25) is 11.8 Å². The van der Waals surface area contributed by atoms with Crippen molar-refractivity contribution in [2.75, 3.05) is 19.8 Å². The summed E-state index contributed by atoms with van der Waals surface area (Å²) in [6, 6.07) is 8.02. The highest BCUT2D eigenvalue weighted by atomic mass is 16.5. The molecule has 3 N–H and O–H groups in total. The number of para-hydroxylation sites is 1. The summed E-state index contributed by atoms with van der Waals surface area (Å²) in [4.78, 5) is 24.0. The number of nitrogens with zero attached hydrogens (tertiary/aromatic N) is 1. The zero-order chi connectivity index (χ0) is 17.9. The summed E-state index contributed by atoms with van der Waals surface area (Å²) >= 11 is 0. The maximum Gasteiger partial charge on any atom is 0.244 e. The predicted octanol–water partition coefficient (Wildman–Crippen LogP) is 1.59. The number of primary amides is 1. The number of benzene rings is 1. The van der Waals surface area contributed by atoms with Crippen molar-refractivity contribution in [3.8, 4) is 0 Å². The van der Waals surface area contributed by atoms with Gasteiger partial charge in [-0.05, 0) is 25.0 Å². The van der Waals surface area contributed by atoms with Crippen LogP contribution in [-0.4, -0.2) is 36.1 Å². The lowest BCUT2D eigenvalue weighted by atomic mass is 9.79. The Hall–Kier alpha value is -2.60. The van der Waals surface area contributed by atoms with Crippen molar-refractivity contribution in [3.63, 3.8) is 0 Å². The molecule has 1 aromatic carbocycles. The van der Waals surface area contributed by atoms with Crippen LogP contribution in [0, 0.1) is 5.41 Å². The number of rotatable bonds is 5. The highest BCUT2D eigenvalue weighted by Gasteiger charge is 2.38. The van der Waals surface area contributed by atoms with Crippen LogP contribution in [0.25, 0.3) is 17.0 Å². The zero-order valence-electron chi connectivity index (χ0n) is 14.3. The van der Waals surface area contributed by atoms with Gasteiger partial charge in [-0.25, -0.2) is 0 Å². The largest absolute Gasteiger partial charge is 0.381 e. The fourth-order valence-electron chi connectivity index (χ4n) is 3.26. The molecular weight excluding hydrogens is 318 g/mol. The molecule has 1 aliphatic heterocycles. The minimum Gasteiger partial charge on any atom is -0.381 e. The van der Waals surface area contributed by atoms with Gasteiger partial charge in [-0.3, -0.25) is 9.59 Å². The number of ether oxygens (including phenoxy) is 1. The van der Waals surface area contributed by atoms with Crippen molar-refractivity contribution in [2.24, 2.45) is 18.2 Å². The maximum atomic E-state index is 12.2. The molecule has 1 aromatic heterocycles. The average molecular weight is 341 g/mol. The summed E-state index contributed by atoms with van der Waals surface area (Å²) in [5.74, 6) is -0.616. The minimum absolute atomic E-state index is 0.236. The second-order valence-electron chi connectivity index (χ2n) is 6.52. The Morgan fingerprint density at radius 3 is 2.76 bits per heavy atom. The molecule has 25 heavy (non-hydrogen) atoms. The number of hydrogen-bond donors (Lipinski definition) is 2. The number of nitrogens with two attached hydrogens (primary N) is 1. The lowest BCUT2D eigenvalue weighted by Gasteiger charge is -2.34. The Bertz CT molecular complexity index is 816. The van der Waals surface area contributed by atoms with Gasteiger partial charge in [0, 0.05) is 55.5 Å². The van der Waals surface area contributed by atoms with Gasteiger partial charge in [0.25, 0.3) is 0 Å². The van der Waals surface area contributed by atoms with E-state index < -0.39 is 5.41 Å². The molecule has 6 heteroatoms. The molecule has 1 saturated heterocycles. The number of carbonyl (C=O) groups excluding carboxylic acids is 2. The Morgan fingerprint density at radius 2 is 2.04 bits per heavy atom. The van der Waals surface area contributed by atoms with Gasteiger partial charge < -0.3 is 20.4 Å². The summed E-state index contributed by atoms with van der Waals surface area (Å²) in [5.41, 5.74) is 6.93. The quantitative estimate of drug-likeness (QED) is 0.810. The van der Waals surface area contributed by atoms with E-state index in [2.05, 4.69) is 5.32 Å². The summed E-state index contributed by atoms with van der Waals surface area (Å²) in [7, 11) is 1.97. The first-order valence-corrected chi connectivity index (χ1v) is 8.39. The third kappa shape index (κ3) is 3.58. The van der Waals surface area contributed by atoms with E-state index in [0.717, 1.165) is 16.5 Å². The molecule has 6 nitrogen and oxygen atoms in total. The van der Waals surface area contributed by atoms with Crippen LogP contribution < -0.4 is 11.1 Å². The van der Waals surface area contributed by atoms with Crippen LogP contribution in [-0.2, 0) is 21.4 Å². The van der Waals surface area contributed by atoms with Gasteiger partial charge in [-0.2, -0.15) is 0 Å². The van der Waals surface area contributed by atoms with E-state index in [1.54, 1.807) is 6.08 Å². The van der Waals surface area contributed by atoms with Gasteiger partial charge >= 0.3 is 0 Å². The first-order chi connectivity index (χ1) is 12.0. The van der Waals surface area contributed by atoms with Crippen LogP contribution in [0.2, 0.25) is 0 Å². The van der Waals surface area contributed by atoms with Crippen molar-refractivity contribution in [3.05, 3.63) is 42.1 Å². The molecule has 0 saturated carbocycles. The maximum absolute atomic E-state index is 12.2. The fourth-order valence-corrected chi connectivity index (χ4v) is 3.26. The Balaban J connectivity index is 1.67. The number of hydrogen-bond acceptors (Lipinski definition) is 3. The normalized spacial score (nSPS) is 17.0. The second-order valence-corrected chi connectivity index (χ2v) is 6.52. The topological polar surface area (TPSA) is 86.4 Å². The number of aryl methyl sites for hydroxylation is 1. The van der Waals surface area contributed by atoms with Crippen LogP contribution >= 0.6 is 0 Å². The number of carbonyl (C=O) groups is 2. The Morgan fingerprint density at radius 1 is 1.32 bits per heavy atom. The van der Waals surface area contributed by atoms with E-state index in [-0.39, 0.29) is 18.4 Å². The third-order valence-corrected chi connectivity index (χ3v) is 4.92. The van der Waals surface area contributed by atoms with E-state index in [0.29, 0.717) is 26.1 Å². The van der Waals surface area contributed by atoms with Crippen LogP contribution in [0.1, 0.15) is 18.4 Å². The fraction of sp³-hybridized carbons (Fsp3) is 0.368. The number of aromatic nitrogens is 1.